The molecule has 0 fully saturated rings. The zero-order valence-corrected chi connectivity index (χ0v) is 22.9. The van der Waals surface area contributed by atoms with Gasteiger partial charge in [0.15, 0.2) is 0 Å². The molecule has 4 aromatic carbocycles. The highest BCUT2D eigenvalue weighted by Gasteiger charge is 2.45. The van der Waals surface area contributed by atoms with E-state index in [9.17, 15) is 0 Å². The largest absolute Gasteiger partial charge is 0.0713 e. The van der Waals surface area contributed by atoms with Gasteiger partial charge in [0.05, 0.1) is 5.41 Å². The first kappa shape index (κ1) is 26.5. The lowest BCUT2D eigenvalue weighted by Crippen LogP contribution is -2.28. The molecule has 5 rings (SSSR count). The predicted octanol–water partition coefficient (Wildman–Crippen LogP) is 10.2. The molecule has 0 radical (unpaired) electrons. The summed E-state index contributed by atoms with van der Waals surface area (Å²) < 4.78 is 0. The maximum Gasteiger partial charge on any atom is 0.0713 e. The fraction of sp³-hybridized carbons (Fsp3) is 0.314. The van der Waals surface area contributed by atoms with Crippen LogP contribution in [0.5, 0.6) is 0 Å². The third-order valence-electron chi connectivity index (χ3n) is 5.37. The van der Waals surface area contributed by atoms with Crippen LogP contribution in [0.1, 0.15) is 77.6 Å². The molecule has 0 bridgehead atoms. The van der Waals surface area contributed by atoms with Gasteiger partial charge in [0.1, 0.15) is 0 Å². The van der Waals surface area contributed by atoms with Crippen molar-refractivity contribution in [3.8, 4) is 11.1 Å². The zero-order chi connectivity index (χ0) is 25.7. The first-order valence-corrected chi connectivity index (χ1v) is 12.7. The van der Waals surface area contributed by atoms with E-state index in [0.29, 0.717) is 10.8 Å². The Bertz CT molecular complexity index is 1090. The standard InChI is InChI=1S/C25H18.2C5H12/c1-3-11-19(12-4-1)25(20-13-5-2-6-14-20)23-17-9-7-15-21(23)22-16-8-10-18-24(22)25;2*1-5(2,3)4/h1-18H;2*1-4H3. The molecule has 182 valence electrons. The Hall–Kier alpha value is -3.12. The molecule has 0 heterocycles. The summed E-state index contributed by atoms with van der Waals surface area (Å²) in [5.74, 6) is 0. The van der Waals surface area contributed by atoms with E-state index in [1.165, 1.54) is 33.4 Å². The number of hydrogen-bond acceptors (Lipinski definition) is 0. The molecular weight excluding hydrogens is 420 g/mol. The SMILES string of the molecule is CC(C)(C)C.CC(C)(C)C.c1ccc(C2(c3ccccc3)c3ccccc3-c3ccccc32)cc1. The molecule has 0 atom stereocenters. The van der Waals surface area contributed by atoms with Crippen molar-refractivity contribution in [1.29, 1.82) is 0 Å². The first-order chi connectivity index (χ1) is 16.4. The van der Waals surface area contributed by atoms with Crippen molar-refractivity contribution in [2.24, 2.45) is 10.8 Å². The lowest BCUT2D eigenvalue weighted by molar-refractivity contribution is 0.469. The number of hydrogen-bond donors (Lipinski definition) is 0. The molecule has 4 aromatic rings. The highest BCUT2D eigenvalue weighted by atomic mass is 14.5. The van der Waals surface area contributed by atoms with Crippen molar-refractivity contribution in [2.75, 3.05) is 0 Å². The van der Waals surface area contributed by atoms with Gasteiger partial charge in [-0.1, -0.05) is 165 Å². The summed E-state index contributed by atoms with van der Waals surface area (Å²) in [7, 11) is 0. The summed E-state index contributed by atoms with van der Waals surface area (Å²) in [5.41, 5.74) is 8.80. The minimum atomic E-state index is -0.254. The van der Waals surface area contributed by atoms with Gasteiger partial charge in [0.25, 0.3) is 0 Å². The van der Waals surface area contributed by atoms with E-state index in [2.05, 4.69) is 165 Å². The van der Waals surface area contributed by atoms with E-state index in [-0.39, 0.29) is 5.41 Å². The van der Waals surface area contributed by atoms with E-state index < -0.39 is 0 Å². The molecule has 0 N–H and O–H groups in total. The maximum absolute atomic E-state index is 2.29. The van der Waals surface area contributed by atoms with E-state index >= 15 is 0 Å². The molecule has 0 saturated carbocycles. The van der Waals surface area contributed by atoms with Gasteiger partial charge >= 0.3 is 0 Å². The van der Waals surface area contributed by atoms with Crippen molar-refractivity contribution >= 4 is 0 Å². The Morgan fingerprint density at radius 3 is 0.943 bits per heavy atom. The molecule has 1 aliphatic carbocycles. The van der Waals surface area contributed by atoms with Gasteiger partial charge in [-0.05, 0) is 44.2 Å². The molecule has 0 saturated heterocycles. The average molecular weight is 463 g/mol. The van der Waals surface area contributed by atoms with Gasteiger partial charge < -0.3 is 0 Å². The molecular formula is C35H42. The van der Waals surface area contributed by atoms with E-state index in [1.807, 2.05) is 0 Å². The zero-order valence-electron chi connectivity index (χ0n) is 22.9. The Kier molecular flexibility index (Phi) is 8.06. The summed E-state index contributed by atoms with van der Waals surface area (Å²) in [4.78, 5) is 0. The van der Waals surface area contributed by atoms with Gasteiger partial charge in [-0.2, -0.15) is 0 Å². The third kappa shape index (κ3) is 6.51. The van der Waals surface area contributed by atoms with E-state index in [4.69, 9.17) is 0 Å². The quantitative estimate of drug-likeness (QED) is 0.245. The molecule has 0 amide bonds. The van der Waals surface area contributed by atoms with Crippen molar-refractivity contribution in [1.82, 2.24) is 0 Å². The maximum atomic E-state index is 2.29. The van der Waals surface area contributed by atoms with Crippen LogP contribution in [0.25, 0.3) is 11.1 Å². The van der Waals surface area contributed by atoms with Gasteiger partial charge in [0, 0.05) is 0 Å². The first-order valence-electron chi connectivity index (χ1n) is 12.7. The highest BCUT2D eigenvalue weighted by Crippen LogP contribution is 2.55. The average Bonchev–Trinajstić information content (AvgIpc) is 3.10. The summed E-state index contributed by atoms with van der Waals surface area (Å²) in [6.45, 7) is 17.5. The van der Waals surface area contributed by atoms with Crippen LogP contribution in [0.4, 0.5) is 0 Å². The van der Waals surface area contributed by atoms with Gasteiger partial charge in [0.2, 0.25) is 0 Å². The van der Waals surface area contributed by atoms with Gasteiger partial charge in [-0.3, -0.25) is 0 Å². The van der Waals surface area contributed by atoms with Crippen LogP contribution in [-0.2, 0) is 5.41 Å². The Morgan fingerprint density at radius 2 is 0.629 bits per heavy atom. The third-order valence-corrected chi connectivity index (χ3v) is 5.37. The van der Waals surface area contributed by atoms with Crippen LogP contribution in [0, 0.1) is 10.8 Å². The molecule has 0 heteroatoms. The van der Waals surface area contributed by atoms with Crippen molar-refractivity contribution in [3.63, 3.8) is 0 Å². The molecule has 0 spiro atoms. The van der Waals surface area contributed by atoms with Crippen molar-refractivity contribution in [2.45, 2.75) is 60.8 Å². The summed E-state index contributed by atoms with van der Waals surface area (Å²) >= 11 is 0. The van der Waals surface area contributed by atoms with Crippen LogP contribution in [0.2, 0.25) is 0 Å². The Labute approximate surface area is 214 Å². The molecule has 35 heavy (non-hydrogen) atoms. The summed E-state index contributed by atoms with van der Waals surface area (Å²) in [5, 5.41) is 0. The van der Waals surface area contributed by atoms with E-state index in [0.717, 1.165) is 0 Å². The lowest BCUT2D eigenvalue weighted by atomic mass is 9.68. The molecule has 1 aliphatic rings. The fourth-order valence-corrected chi connectivity index (χ4v) is 4.40. The summed E-state index contributed by atoms with van der Waals surface area (Å²) in [6.07, 6.45) is 0. The lowest BCUT2D eigenvalue weighted by Gasteiger charge is -2.33. The van der Waals surface area contributed by atoms with Crippen molar-refractivity contribution in [3.05, 3.63) is 131 Å². The normalized spacial score (nSPS) is 13.4. The second kappa shape index (κ2) is 10.6. The minimum Gasteiger partial charge on any atom is -0.0622 e. The highest BCUT2D eigenvalue weighted by molar-refractivity contribution is 5.86. The topological polar surface area (TPSA) is 0 Å². The van der Waals surface area contributed by atoms with Crippen molar-refractivity contribution < 1.29 is 0 Å². The number of rotatable bonds is 2. The van der Waals surface area contributed by atoms with Gasteiger partial charge in [-0.15, -0.1) is 0 Å². The smallest absolute Gasteiger partial charge is 0.0622 e. The minimum absolute atomic E-state index is 0.254. The molecule has 0 nitrogen and oxygen atoms in total. The van der Waals surface area contributed by atoms with Crippen LogP contribution in [0.15, 0.2) is 109 Å². The fourth-order valence-electron chi connectivity index (χ4n) is 4.40. The monoisotopic (exact) mass is 462 g/mol. The van der Waals surface area contributed by atoms with Gasteiger partial charge in [-0.25, -0.2) is 0 Å². The second-order valence-corrected chi connectivity index (χ2v) is 12.6. The number of benzene rings is 4. The van der Waals surface area contributed by atoms with E-state index in [1.54, 1.807) is 0 Å². The summed E-state index contributed by atoms with van der Waals surface area (Å²) in [6, 6.07) is 39.5. The molecule has 0 aromatic heterocycles. The Morgan fingerprint density at radius 1 is 0.371 bits per heavy atom. The predicted molar refractivity (Wildman–Crippen MR) is 154 cm³/mol. The number of fused-ring (bicyclic) bond motifs is 3. The van der Waals surface area contributed by atoms with Crippen LogP contribution in [-0.4, -0.2) is 0 Å². The van der Waals surface area contributed by atoms with Crippen LogP contribution >= 0.6 is 0 Å². The van der Waals surface area contributed by atoms with Crippen LogP contribution in [0.3, 0.4) is 0 Å². The second-order valence-electron chi connectivity index (χ2n) is 12.6. The van der Waals surface area contributed by atoms with Crippen LogP contribution < -0.4 is 0 Å². The molecule has 0 unspecified atom stereocenters. The molecule has 0 aliphatic heterocycles. The Balaban J connectivity index is 0.000000293.